The van der Waals surface area contributed by atoms with Crippen molar-refractivity contribution in [1.29, 1.82) is 0 Å². The molecule has 60 valence electrons. The van der Waals surface area contributed by atoms with E-state index < -0.39 is 0 Å². The summed E-state index contributed by atoms with van der Waals surface area (Å²) in [4.78, 5) is 11.2. The van der Waals surface area contributed by atoms with Gasteiger partial charge in [0.15, 0.2) is 0 Å². The van der Waals surface area contributed by atoms with Crippen LogP contribution in [0.25, 0.3) is 0 Å². The van der Waals surface area contributed by atoms with Crippen molar-refractivity contribution in [3.63, 3.8) is 0 Å². The van der Waals surface area contributed by atoms with Gasteiger partial charge in [-0.25, -0.2) is 0 Å². The molecule has 3 heteroatoms. The minimum absolute atomic E-state index is 0.145. The van der Waals surface area contributed by atoms with Crippen LogP contribution in [0.4, 0.5) is 0 Å². The van der Waals surface area contributed by atoms with Crippen LogP contribution >= 0.6 is 30.1 Å². The molecule has 0 aliphatic heterocycles. The molecule has 11 heavy (non-hydrogen) atoms. The normalized spacial score (nSPS) is 17.5. The molecule has 0 unspecified atom stereocenters. The quantitative estimate of drug-likeness (QED) is 0.542. The maximum atomic E-state index is 11.2. The van der Waals surface area contributed by atoms with Crippen molar-refractivity contribution in [3.8, 4) is 11.2 Å². The molecule has 0 bridgehead atoms. The fraction of sp³-hybridized carbons (Fsp3) is 0.625. The molecular formula is C8H9IOS. The van der Waals surface area contributed by atoms with Gasteiger partial charge in [0, 0.05) is 27.1 Å². The molecule has 0 heterocycles. The molecule has 0 spiro atoms. The third-order valence-corrected chi connectivity index (χ3v) is 2.78. The first-order chi connectivity index (χ1) is 5.34. The summed E-state index contributed by atoms with van der Waals surface area (Å²) < 4.78 is 0. The molecule has 1 aliphatic rings. The number of ketones is 1. The van der Waals surface area contributed by atoms with Gasteiger partial charge in [-0.1, -0.05) is 12.8 Å². The summed E-state index contributed by atoms with van der Waals surface area (Å²) >= 11 is 2.07. The lowest BCUT2D eigenvalue weighted by molar-refractivity contribution is -0.117. The molecule has 1 nitrogen and oxygen atoms in total. The van der Waals surface area contributed by atoms with Crippen LogP contribution in [0.5, 0.6) is 0 Å². The van der Waals surface area contributed by atoms with Crippen molar-refractivity contribution in [3.05, 3.63) is 0 Å². The maximum absolute atomic E-state index is 11.2. The fourth-order valence-corrected chi connectivity index (χ4v) is 1.83. The average molecular weight is 280 g/mol. The van der Waals surface area contributed by atoms with E-state index in [1.54, 1.807) is 0 Å². The minimum Gasteiger partial charge on any atom is -0.285 e. The summed E-state index contributed by atoms with van der Waals surface area (Å²) in [6, 6.07) is 0. The highest BCUT2D eigenvalue weighted by Gasteiger charge is 2.20. The first-order valence-corrected chi connectivity index (χ1v) is 7.03. The van der Waals surface area contributed by atoms with Crippen molar-refractivity contribution < 1.29 is 4.79 Å². The van der Waals surface area contributed by atoms with Gasteiger partial charge in [-0.2, -0.15) is 0 Å². The fourth-order valence-electron chi connectivity index (χ4n) is 1.36. The molecule has 1 aliphatic carbocycles. The van der Waals surface area contributed by atoms with E-state index in [9.17, 15) is 4.79 Å². The molecule has 0 atom stereocenters. The standard InChI is InChI=1S/C8H9IOS/c9-11-6-5-8(10)7-3-1-2-4-7/h7H,1-4H2. The Hall–Kier alpha value is 0.310. The second-order valence-corrected chi connectivity index (χ2v) is 4.33. The Balaban J connectivity index is 2.40. The van der Waals surface area contributed by atoms with Crippen LogP contribution in [0.2, 0.25) is 0 Å². The van der Waals surface area contributed by atoms with E-state index in [1.807, 2.05) is 0 Å². The molecular weight excluding hydrogens is 271 g/mol. The van der Waals surface area contributed by atoms with Gasteiger partial charge < -0.3 is 0 Å². The first-order valence-electron chi connectivity index (χ1n) is 3.67. The van der Waals surface area contributed by atoms with Gasteiger partial charge in [-0.15, -0.1) is 0 Å². The number of rotatable bonds is 1. The number of halogens is 1. The van der Waals surface area contributed by atoms with Crippen LogP contribution in [0.3, 0.4) is 0 Å². The van der Waals surface area contributed by atoms with Gasteiger partial charge in [0.05, 0.1) is 0 Å². The Morgan fingerprint density at radius 1 is 1.45 bits per heavy atom. The molecule has 1 saturated carbocycles. The summed E-state index contributed by atoms with van der Waals surface area (Å²) in [6.07, 6.45) is 4.52. The monoisotopic (exact) mass is 280 g/mol. The Labute approximate surface area is 83.3 Å². The molecule has 0 saturated heterocycles. The van der Waals surface area contributed by atoms with Crippen LogP contribution in [0.15, 0.2) is 0 Å². The lowest BCUT2D eigenvalue weighted by Gasteiger charge is -1.98. The highest BCUT2D eigenvalue weighted by molar-refractivity contribution is 14.2. The third-order valence-electron chi connectivity index (χ3n) is 1.94. The van der Waals surface area contributed by atoms with Crippen molar-refractivity contribution in [2.45, 2.75) is 25.7 Å². The highest BCUT2D eigenvalue weighted by atomic mass is 127. The molecule has 0 amide bonds. The predicted octanol–water partition coefficient (Wildman–Crippen LogP) is 2.79. The van der Waals surface area contributed by atoms with Crippen LogP contribution in [0, 0.1) is 17.1 Å². The number of hydrogen-bond acceptors (Lipinski definition) is 2. The Kier molecular flexibility index (Phi) is 4.31. The highest BCUT2D eigenvalue weighted by Crippen LogP contribution is 2.25. The van der Waals surface area contributed by atoms with Crippen LogP contribution in [-0.4, -0.2) is 5.78 Å². The predicted molar refractivity (Wildman–Crippen MR) is 56.4 cm³/mol. The average Bonchev–Trinajstić information content (AvgIpc) is 2.52. The maximum Gasteiger partial charge on any atom is 0.209 e. The van der Waals surface area contributed by atoms with Crippen LogP contribution in [-0.2, 0) is 4.79 Å². The third kappa shape index (κ3) is 3.04. The topological polar surface area (TPSA) is 17.1 Å². The van der Waals surface area contributed by atoms with Crippen LogP contribution < -0.4 is 0 Å². The zero-order chi connectivity index (χ0) is 8.10. The Morgan fingerprint density at radius 3 is 2.64 bits per heavy atom. The van der Waals surface area contributed by atoms with Crippen molar-refractivity contribution in [1.82, 2.24) is 0 Å². The van der Waals surface area contributed by atoms with Gasteiger partial charge in [-0.05, 0) is 32.9 Å². The summed E-state index contributed by atoms with van der Waals surface area (Å²) in [5.74, 6) is 3.04. The van der Waals surface area contributed by atoms with E-state index in [4.69, 9.17) is 0 Å². The minimum atomic E-state index is 0.145. The molecule has 0 N–H and O–H groups in total. The van der Waals surface area contributed by atoms with E-state index in [0.717, 1.165) is 12.8 Å². The van der Waals surface area contributed by atoms with E-state index in [1.165, 1.54) is 21.8 Å². The molecule has 0 aromatic carbocycles. The number of carbonyl (C=O) groups is 1. The molecule has 1 fully saturated rings. The van der Waals surface area contributed by atoms with Crippen molar-refractivity contribution in [2.24, 2.45) is 5.92 Å². The van der Waals surface area contributed by atoms with E-state index >= 15 is 0 Å². The van der Waals surface area contributed by atoms with Gasteiger partial charge >= 0.3 is 0 Å². The zero-order valence-electron chi connectivity index (χ0n) is 6.10. The SMILES string of the molecule is O=C(C#CSI)C1CCCC1. The van der Waals surface area contributed by atoms with Crippen LogP contribution in [0.1, 0.15) is 25.7 Å². The number of carbonyl (C=O) groups excluding carboxylic acids is 1. The molecule has 0 aromatic heterocycles. The smallest absolute Gasteiger partial charge is 0.209 e. The second kappa shape index (κ2) is 5.04. The van der Waals surface area contributed by atoms with Crippen molar-refractivity contribution >= 4 is 35.9 Å². The van der Waals surface area contributed by atoms with Gasteiger partial charge in [0.1, 0.15) is 0 Å². The van der Waals surface area contributed by atoms with Gasteiger partial charge in [0.25, 0.3) is 0 Å². The number of hydrogen-bond donors (Lipinski definition) is 0. The lowest BCUT2D eigenvalue weighted by Crippen LogP contribution is -2.06. The summed E-state index contributed by atoms with van der Waals surface area (Å²) in [5.41, 5.74) is 0. The van der Waals surface area contributed by atoms with E-state index in [2.05, 4.69) is 32.4 Å². The first kappa shape index (κ1) is 9.40. The molecule has 0 aromatic rings. The second-order valence-electron chi connectivity index (χ2n) is 2.65. The Morgan fingerprint density at radius 2 is 2.09 bits per heavy atom. The van der Waals surface area contributed by atoms with Crippen molar-refractivity contribution in [2.75, 3.05) is 0 Å². The van der Waals surface area contributed by atoms with E-state index in [0.29, 0.717) is 0 Å². The Bertz CT molecular complexity index is 198. The van der Waals surface area contributed by atoms with E-state index in [-0.39, 0.29) is 11.7 Å². The summed E-state index contributed by atoms with van der Waals surface area (Å²) in [7, 11) is 1.38. The number of Topliss-reactive ketones (excluding diaryl/α,β-unsaturated/α-hetero) is 1. The lowest BCUT2D eigenvalue weighted by atomic mass is 10.0. The molecule has 0 radical (unpaired) electrons. The van der Waals surface area contributed by atoms with Gasteiger partial charge in [0.2, 0.25) is 5.78 Å². The summed E-state index contributed by atoms with van der Waals surface area (Å²) in [5, 5.41) is 2.73. The molecule has 1 rings (SSSR count). The van der Waals surface area contributed by atoms with Gasteiger partial charge in [-0.3, -0.25) is 4.79 Å². The largest absolute Gasteiger partial charge is 0.285 e. The summed E-state index contributed by atoms with van der Waals surface area (Å²) in [6.45, 7) is 0. The zero-order valence-corrected chi connectivity index (χ0v) is 9.07.